The number of fused-ring (bicyclic) bond motifs is 7. The molecule has 9 nitrogen and oxygen atoms in total. The van der Waals surface area contributed by atoms with Gasteiger partial charge in [0.1, 0.15) is 6.10 Å². The van der Waals surface area contributed by atoms with E-state index < -0.39 is 34.0 Å². The number of esters is 1. The van der Waals surface area contributed by atoms with Crippen molar-refractivity contribution in [1.29, 1.82) is 0 Å². The number of nitrogens with one attached hydrogen (secondary N) is 1. The lowest BCUT2D eigenvalue weighted by molar-refractivity contribution is -0.233. The summed E-state index contributed by atoms with van der Waals surface area (Å²) in [4.78, 5) is 73.2. The van der Waals surface area contributed by atoms with Gasteiger partial charge in [0.25, 0.3) is 5.91 Å². The molecule has 5 saturated carbocycles. The number of halogens is 2. The quantitative estimate of drug-likeness (QED) is 0.148. The average Bonchev–Trinajstić information content (AvgIpc) is 3.82. The Labute approximate surface area is 351 Å². The number of carbonyl (C=O) groups is 5. The Bertz CT molecular complexity index is 1890. The van der Waals surface area contributed by atoms with Crippen LogP contribution in [-0.2, 0) is 37.3 Å². The number of hydrogen-bond acceptors (Lipinski definition) is 8. The minimum atomic E-state index is -1.12. The van der Waals surface area contributed by atoms with Gasteiger partial charge in [0, 0.05) is 18.0 Å². The van der Waals surface area contributed by atoms with E-state index in [2.05, 4.69) is 58.8 Å². The lowest BCUT2D eigenvalue weighted by Gasteiger charge is -2.72. The topological polar surface area (TPSA) is 129 Å². The molecule has 0 aliphatic heterocycles. The zero-order valence-electron chi connectivity index (χ0n) is 34.7. The molecular weight excluding hydrogens is 843 g/mol. The number of ether oxygens (including phenoxy) is 1. The van der Waals surface area contributed by atoms with Crippen molar-refractivity contribution >= 4 is 64.0 Å². The molecule has 56 heavy (non-hydrogen) atoms. The van der Waals surface area contributed by atoms with Crippen LogP contribution in [0.1, 0.15) is 145 Å². The average molecular weight is 903 g/mol. The molecule has 0 spiro atoms. The van der Waals surface area contributed by atoms with Gasteiger partial charge in [0.15, 0.2) is 28.8 Å². The molecule has 6 aliphatic rings. The fourth-order valence-electron chi connectivity index (χ4n) is 13.5. The lowest BCUT2D eigenvalue weighted by Crippen LogP contribution is -2.66. The van der Waals surface area contributed by atoms with Gasteiger partial charge >= 0.3 is 11.9 Å². The second kappa shape index (κ2) is 13.9. The summed E-state index contributed by atoms with van der Waals surface area (Å²) < 4.78 is 11.2. The SMILES string of the molecule is CC(C)C1=C2[C@H]3CC[C@@H]4[C@@]5(C)CC[C@H](OC(=O)CC(C)(C)C(=O)OI)C(C)(C)[C@@H]5CC[C@@]4(C)[C@]3(C)CC[C@@]2(C(=O)C(=O)NC2(c3ccc(Cl)cn3)CC2)CC1=O. The molecule has 1 N–H and O–H groups in total. The summed E-state index contributed by atoms with van der Waals surface area (Å²) >= 11 is 7.68. The van der Waals surface area contributed by atoms with Gasteiger partial charge in [-0.25, -0.2) is 0 Å². The van der Waals surface area contributed by atoms with E-state index in [1.807, 2.05) is 6.07 Å². The maximum atomic E-state index is 14.8. The summed E-state index contributed by atoms with van der Waals surface area (Å²) in [6.07, 6.45) is 9.53. The third kappa shape index (κ3) is 6.16. The van der Waals surface area contributed by atoms with Gasteiger partial charge in [-0.2, -0.15) is 0 Å². The fourth-order valence-corrected chi connectivity index (χ4v) is 14.2. The van der Waals surface area contributed by atoms with E-state index in [9.17, 15) is 24.0 Å². The summed E-state index contributed by atoms with van der Waals surface area (Å²) in [5, 5.41) is 3.61. The number of carbonyl (C=O) groups excluding carboxylic acids is 5. The van der Waals surface area contributed by atoms with Crippen molar-refractivity contribution in [2.75, 3.05) is 0 Å². The summed E-state index contributed by atoms with van der Waals surface area (Å²) in [6, 6.07) is 3.57. The number of allylic oxidation sites excluding steroid dienone is 2. The van der Waals surface area contributed by atoms with Gasteiger partial charge < -0.3 is 13.1 Å². The number of aromatic nitrogens is 1. The fraction of sp³-hybridized carbons (Fsp3) is 0.733. The molecule has 0 unspecified atom stereocenters. The lowest BCUT2D eigenvalue weighted by atomic mass is 9.33. The van der Waals surface area contributed by atoms with Crippen LogP contribution in [0.4, 0.5) is 0 Å². The second-order valence-corrected chi connectivity index (χ2v) is 21.6. The van der Waals surface area contributed by atoms with Gasteiger partial charge in [-0.05, 0) is 141 Å². The molecule has 0 radical (unpaired) electrons. The molecule has 11 heteroatoms. The van der Waals surface area contributed by atoms with Gasteiger partial charge in [-0.1, -0.05) is 60.1 Å². The van der Waals surface area contributed by atoms with Crippen LogP contribution in [-0.4, -0.2) is 40.5 Å². The maximum absolute atomic E-state index is 14.8. The summed E-state index contributed by atoms with van der Waals surface area (Å²) in [6.45, 7) is 19.5. The normalized spacial score (nSPS) is 36.8. The molecule has 6 aliphatic carbocycles. The zero-order chi connectivity index (χ0) is 41.0. The number of amides is 1. The van der Waals surface area contributed by atoms with Gasteiger partial charge in [0.05, 0.1) is 33.5 Å². The van der Waals surface area contributed by atoms with Crippen LogP contribution in [0.2, 0.25) is 5.02 Å². The smallest absolute Gasteiger partial charge is 0.321 e. The predicted molar refractivity (Wildman–Crippen MR) is 221 cm³/mol. The first-order chi connectivity index (χ1) is 26.0. The highest BCUT2D eigenvalue weighted by molar-refractivity contribution is 14.1. The number of Topliss-reactive ketones (excluding diaryl/α,β-unsaturated/α-hetero) is 2. The molecule has 0 bridgehead atoms. The van der Waals surface area contributed by atoms with Crippen molar-refractivity contribution in [2.24, 2.45) is 56.2 Å². The molecular formula is C45H60ClIN2O7. The Hall–Kier alpha value is -2.34. The van der Waals surface area contributed by atoms with Crippen LogP contribution in [0.3, 0.4) is 0 Å². The van der Waals surface area contributed by atoms with Crippen molar-refractivity contribution in [2.45, 2.75) is 151 Å². The van der Waals surface area contributed by atoms with Crippen LogP contribution >= 0.6 is 34.6 Å². The Kier molecular flexibility index (Phi) is 10.4. The van der Waals surface area contributed by atoms with Crippen molar-refractivity contribution in [3.8, 4) is 0 Å². The highest BCUT2D eigenvalue weighted by Gasteiger charge is 2.71. The number of nitrogens with zero attached hydrogens (tertiary/aromatic N) is 1. The Morgan fingerprint density at radius 2 is 1.62 bits per heavy atom. The minimum Gasteiger partial charge on any atom is -0.462 e. The first-order valence-electron chi connectivity index (χ1n) is 20.8. The largest absolute Gasteiger partial charge is 0.462 e. The van der Waals surface area contributed by atoms with E-state index in [4.69, 9.17) is 19.4 Å². The monoisotopic (exact) mass is 902 g/mol. The second-order valence-electron chi connectivity index (χ2n) is 20.8. The van der Waals surface area contributed by atoms with Crippen molar-refractivity contribution in [1.82, 2.24) is 10.3 Å². The van der Waals surface area contributed by atoms with Crippen molar-refractivity contribution < 1.29 is 31.8 Å². The van der Waals surface area contributed by atoms with E-state index >= 15 is 0 Å². The minimum absolute atomic E-state index is 0.00302. The summed E-state index contributed by atoms with van der Waals surface area (Å²) in [7, 11) is 0. The zero-order valence-corrected chi connectivity index (χ0v) is 37.6. The van der Waals surface area contributed by atoms with Crippen LogP contribution in [0.15, 0.2) is 29.5 Å². The van der Waals surface area contributed by atoms with Crippen LogP contribution in [0.25, 0.3) is 0 Å². The summed E-state index contributed by atoms with van der Waals surface area (Å²) in [5.74, 6) is -1.17. The molecule has 1 heterocycles. The van der Waals surface area contributed by atoms with E-state index in [1.165, 1.54) is 0 Å². The standard InChI is InChI=1S/C45H60ClIN2O7/c1-25(2)34-28(50)22-44(36(52)37(53)49-45(20-21-45)31-13-10-26(46)24-48-31)19-18-42(8)27(35(34)44)11-12-30-41(7)16-15-32(40(5,6)29(41)14-17-43(30,42)9)55-33(51)23-39(3,4)38(54)56-47/h10,13,24-25,27,29-30,32H,11-12,14-23H2,1-9H3,(H,49,53)/t27-,29+,30-,32+,41+,42-,43-,44-/m1/s1. The van der Waals surface area contributed by atoms with E-state index in [1.54, 1.807) is 49.1 Å². The highest BCUT2D eigenvalue weighted by atomic mass is 127. The third-order valence-corrected chi connectivity index (χ3v) is 17.4. The number of pyridine rings is 1. The molecule has 1 aromatic rings. The maximum Gasteiger partial charge on any atom is 0.321 e. The van der Waals surface area contributed by atoms with E-state index in [-0.39, 0.29) is 64.2 Å². The Morgan fingerprint density at radius 3 is 2.23 bits per heavy atom. The molecule has 5 fully saturated rings. The predicted octanol–water partition coefficient (Wildman–Crippen LogP) is 9.61. The highest BCUT2D eigenvalue weighted by Crippen LogP contribution is 2.77. The van der Waals surface area contributed by atoms with Crippen molar-refractivity contribution in [3.63, 3.8) is 0 Å². The van der Waals surface area contributed by atoms with Crippen molar-refractivity contribution in [3.05, 3.63) is 40.2 Å². The molecule has 1 amide bonds. The number of hydrogen-bond donors (Lipinski definition) is 1. The van der Waals surface area contributed by atoms with Crippen LogP contribution in [0.5, 0.6) is 0 Å². The first-order valence-corrected chi connectivity index (χ1v) is 22.1. The van der Waals surface area contributed by atoms with Crippen LogP contribution in [0, 0.1) is 56.2 Å². The van der Waals surface area contributed by atoms with Crippen LogP contribution < -0.4 is 5.32 Å². The Morgan fingerprint density at radius 1 is 0.929 bits per heavy atom. The molecule has 7 rings (SSSR count). The van der Waals surface area contributed by atoms with E-state index in [0.29, 0.717) is 41.8 Å². The number of rotatable bonds is 9. The third-order valence-electron chi connectivity index (χ3n) is 16.8. The molecule has 306 valence electrons. The van der Waals surface area contributed by atoms with Gasteiger partial charge in [-0.3, -0.25) is 29.0 Å². The van der Waals surface area contributed by atoms with E-state index in [0.717, 1.165) is 56.1 Å². The molecule has 0 aromatic carbocycles. The molecule has 8 atom stereocenters. The molecule has 0 saturated heterocycles. The number of ketones is 2. The summed E-state index contributed by atoms with van der Waals surface area (Å²) in [5.41, 5.74) is -0.852. The van der Waals surface area contributed by atoms with Gasteiger partial charge in [-0.15, -0.1) is 0 Å². The first kappa shape index (κ1) is 41.8. The van der Waals surface area contributed by atoms with Gasteiger partial charge in [0.2, 0.25) is 5.78 Å². The Balaban J connectivity index is 1.16. The molecule has 1 aromatic heterocycles.